The fourth-order valence-corrected chi connectivity index (χ4v) is 3.58. The highest BCUT2D eigenvalue weighted by molar-refractivity contribution is 14.1. The average molecular weight is 320 g/mol. The number of aldehydes is 1. The number of hydrogen-bond acceptors (Lipinski definition) is 3. The van der Waals surface area contributed by atoms with Crippen LogP contribution in [0.4, 0.5) is 0 Å². The normalized spacial score (nSPS) is 10.6. The Morgan fingerprint density at radius 1 is 1.54 bits per heavy atom. The van der Waals surface area contributed by atoms with Gasteiger partial charge in [0.2, 0.25) is 0 Å². The molecular formula is C9H5IOS2. The second-order valence-electron chi connectivity index (χ2n) is 2.57. The molecule has 1 heterocycles. The van der Waals surface area contributed by atoms with E-state index in [1.54, 1.807) is 11.3 Å². The zero-order valence-electron chi connectivity index (χ0n) is 6.45. The van der Waals surface area contributed by atoms with Crippen molar-refractivity contribution in [3.05, 3.63) is 26.6 Å². The SMILES string of the molecule is O=Cc1c(S)cc(I)c2sccc12. The van der Waals surface area contributed by atoms with Crippen LogP contribution in [0.5, 0.6) is 0 Å². The molecule has 0 aliphatic heterocycles. The molecule has 0 atom stereocenters. The monoisotopic (exact) mass is 320 g/mol. The highest BCUT2D eigenvalue weighted by Crippen LogP contribution is 2.32. The summed E-state index contributed by atoms with van der Waals surface area (Å²) >= 11 is 8.18. The van der Waals surface area contributed by atoms with Gasteiger partial charge in [-0.05, 0) is 40.1 Å². The Balaban J connectivity index is 2.96. The summed E-state index contributed by atoms with van der Waals surface area (Å²) in [5, 5.41) is 3.00. The van der Waals surface area contributed by atoms with Crippen LogP contribution >= 0.6 is 46.6 Å². The third-order valence-corrected chi connectivity index (χ3v) is 4.36. The third-order valence-electron chi connectivity index (χ3n) is 1.83. The smallest absolute Gasteiger partial charge is 0.151 e. The summed E-state index contributed by atoms with van der Waals surface area (Å²) in [5.74, 6) is 0. The minimum atomic E-state index is 0.694. The van der Waals surface area contributed by atoms with Crippen LogP contribution in [-0.4, -0.2) is 6.29 Å². The Hall–Kier alpha value is -0.0700. The summed E-state index contributed by atoms with van der Waals surface area (Å²) in [7, 11) is 0. The molecule has 1 aromatic carbocycles. The van der Waals surface area contributed by atoms with E-state index in [1.165, 1.54) is 4.70 Å². The van der Waals surface area contributed by atoms with Gasteiger partial charge in [0, 0.05) is 24.1 Å². The Morgan fingerprint density at radius 2 is 2.31 bits per heavy atom. The molecule has 0 spiro atoms. The van der Waals surface area contributed by atoms with Crippen molar-refractivity contribution >= 4 is 62.9 Å². The summed E-state index contributed by atoms with van der Waals surface area (Å²) in [6, 6.07) is 3.89. The average Bonchev–Trinajstić information content (AvgIpc) is 2.53. The fraction of sp³-hybridized carbons (Fsp3) is 0. The minimum Gasteiger partial charge on any atom is -0.298 e. The third kappa shape index (κ3) is 1.51. The molecule has 4 heteroatoms. The molecule has 2 aromatic rings. The predicted octanol–water partition coefficient (Wildman–Crippen LogP) is 3.61. The number of thiol groups is 1. The molecule has 1 aromatic heterocycles. The molecule has 0 unspecified atom stereocenters. The van der Waals surface area contributed by atoms with E-state index >= 15 is 0 Å². The summed E-state index contributed by atoms with van der Waals surface area (Å²) in [6.07, 6.45) is 0.869. The number of thiophene rings is 1. The van der Waals surface area contributed by atoms with E-state index in [0.29, 0.717) is 5.56 Å². The highest BCUT2D eigenvalue weighted by atomic mass is 127. The molecule has 2 rings (SSSR count). The molecule has 0 fully saturated rings. The van der Waals surface area contributed by atoms with Crippen molar-refractivity contribution in [2.45, 2.75) is 4.90 Å². The van der Waals surface area contributed by atoms with Gasteiger partial charge in [0.1, 0.15) is 0 Å². The van der Waals surface area contributed by atoms with Crippen molar-refractivity contribution in [3.8, 4) is 0 Å². The molecular weight excluding hydrogens is 315 g/mol. The van der Waals surface area contributed by atoms with Crippen molar-refractivity contribution in [1.82, 2.24) is 0 Å². The molecule has 0 amide bonds. The first kappa shape index (κ1) is 9.48. The zero-order valence-corrected chi connectivity index (χ0v) is 10.3. The van der Waals surface area contributed by atoms with Gasteiger partial charge in [-0.3, -0.25) is 4.79 Å². The topological polar surface area (TPSA) is 17.1 Å². The molecule has 0 saturated heterocycles. The zero-order chi connectivity index (χ0) is 9.42. The van der Waals surface area contributed by atoms with E-state index in [2.05, 4.69) is 35.2 Å². The van der Waals surface area contributed by atoms with Crippen molar-refractivity contribution in [2.75, 3.05) is 0 Å². The fourth-order valence-electron chi connectivity index (χ4n) is 1.23. The van der Waals surface area contributed by atoms with Crippen LogP contribution in [0, 0.1) is 3.57 Å². The van der Waals surface area contributed by atoms with Gasteiger partial charge in [0.25, 0.3) is 0 Å². The van der Waals surface area contributed by atoms with Crippen LogP contribution in [0.25, 0.3) is 10.1 Å². The van der Waals surface area contributed by atoms with Crippen molar-refractivity contribution < 1.29 is 4.79 Å². The van der Waals surface area contributed by atoms with E-state index in [1.807, 2.05) is 17.5 Å². The molecule has 0 N–H and O–H groups in total. The molecule has 1 nitrogen and oxygen atoms in total. The van der Waals surface area contributed by atoms with Crippen molar-refractivity contribution in [1.29, 1.82) is 0 Å². The van der Waals surface area contributed by atoms with E-state index in [4.69, 9.17) is 0 Å². The summed E-state index contributed by atoms with van der Waals surface area (Å²) < 4.78 is 2.32. The van der Waals surface area contributed by atoms with Gasteiger partial charge in [-0.15, -0.1) is 24.0 Å². The molecule has 0 radical (unpaired) electrons. The van der Waals surface area contributed by atoms with Crippen LogP contribution in [-0.2, 0) is 0 Å². The minimum absolute atomic E-state index is 0.694. The molecule has 0 saturated carbocycles. The number of carbonyl (C=O) groups is 1. The van der Waals surface area contributed by atoms with Gasteiger partial charge in [-0.2, -0.15) is 0 Å². The second kappa shape index (κ2) is 3.59. The molecule has 0 aliphatic rings. The second-order valence-corrected chi connectivity index (χ2v) is 5.13. The van der Waals surface area contributed by atoms with Gasteiger partial charge in [-0.1, -0.05) is 0 Å². The van der Waals surface area contributed by atoms with E-state index < -0.39 is 0 Å². The summed E-state index contributed by atoms with van der Waals surface area (Å²) in [4.78, 5) is 11.6. The Bertz CT molecular complexity index is 476. The first-order chi connectivity index (χ1) is 6.24. The lowest BCUT2D eigenvalue weighted by molar-refractivity contribution is 0.112. The standard InChI is InChI=1S/C9H5IOS2/c10-7-3-8(12)6(4-11)5-1-2-13-9(5)7/h1-4,12H. The molecule has 13 heavy (non-hydrogen) atoms. The number of fused-ring (bicyclic) bond motifs is 1. The Kier molecular flexibility index (Phi) is 2.62. The number of rotatable bonds is 1. The Morgan fingerprint density at radius 3 is 3.00 bits per heavy atom. The maximum Gasteiger partial charge on any atom is 0.151 e. The van der Waals surface area contributed by atoms with Crippen molar-refractivity contribution in [3.63, 3.8) is 0 Å². The highest BCUT2D eigenvalue weighted by Gasteiger charge is 2.08. The predicted molar refractivity (Wildman–Crippen MR) is 67.2 cm³/mol. The van der Waals surface area contributed by atoms with Gasteiger partial charge < -0.3 is 0 Å². The molecule has 0 bridgehead atoms. The lowest BCUT2D eigenvalue weighted by Gasteiger charge is -2.01. The lowest BCUT2D eigenvalue weighted by atomic mass is 10.1. The largest absolute Gasteiger partial charge is 0.298 e. The van der Waals surface area contributed by atoms with Crippen LogP contribution in [0.1, 0.15) is 10.4 Å². The maximum absolute atomic E-state index is 10.8. The van der Waals surface area contributed by atoms with Crippen LogP contribution in [0.2, 0.25) is 0 Å². The van der Waals surface area contributed by atoms with Gasteiger partial charge in [0.15, 0.2) is 6.29 Å². The van der Waals surface area contributed by atoms with Gasteiger partial charge >= 0.3 is 0 Å². The molecule has 0 aliphatic carbocycles. The molecule has 66 valence electrons. The van der Waals surface area contributed by atoms with E-state index in [9.17, 15) is 4.79 Å². The number of benzene rings is 1. The first-order valence-electron chi connectivity index (χ1n) is 3.58. The number of carbonyl (C=O) groups excluding carboxylic acids is 1. The van der Waals surface area contributed by atoms with Gasteiger partial charge in [-0.25, -0.2) is 0 Å². The number of halogens is 1. The summed E-state index contributed by atoms with van der Waals surface area (Å²) in [6.45, 7) is 0. The first-order valence-corrected chi connectivity index (χ1v) is 5.98. The quantitative estimate of drug-likeness (QED) is 0.483. The lowest BCUT2D eigenvalue weighted by Crippen LogP contribution is -1.85. The number of hydrogen-bond donors (Lipinski definition) is 1. The maximum atomic E-state index is 10.8. The summed E-state index contributed by atoms with van der Waals surface area (Å²) in [5.41, 5.74) is 0.694. The van der Waals surface area contributed by atoms with E-state index in [0.717, 1.165) is 20.1 Å². The van der Waals surface area contributed by atoms with Crippen LogP contribution < -0.4 is 0 Å². The van der Waals surface area contributed by atoms with E-state index in [-0.39, 0.29) is 0 Å². The van der Waals surface area contributed by atoms with Crippen LogP contribution in [0.15, 0.2) is 22.4 Å². The van der Waals surface area contributed by atoms with Gasteiger partial charge in [0.05, 0.1) is 0 Å². The Labute approximate surface area is 98.7 Å². The van der Waals surface area contributed by atoms with Crippen LogP contribution in [0.3, 0.4) is 0 Å². The van der Waals surface area contributed by atoms with Crippen molar-refractivity contribution in [2.24, 2.45) is 0 Å².